The lowest BCUT2D eigenvalue weighted by atomic mass is 9.91. The van der Waals surface area contributed by atoms with Gasteiger partial charge in [-0.25, -0.2) is 4.98 Å². The fraction of sp³-hybridized carbons (Fsp3) is 0.500. The number of nitrogens with zero attached hydrogens (tertiary/aromatic N) is 5. The minimum Gasteiger partial charge on any atom is -0.388 e. The summed E-state index contributed by atoms with van der Waals surface area (Å²) in [5, 5.41) is 15.7. The highest BCUT2D eigenvalue weighted by Crippen LogP contribution is 2.36. The van der Waals surface area contributed by atoms with Crippen LogP contribution in [0.3, 0.4) is 0 Å². The normalized spacial score (nSPS) is 17.8. The Morgan fingerprint density at radius 1 is 1.24 bits per heavy atom. The van der Waals surface area contributed by atoms with Crippen LogP contribution >= 0.6 is 0 Å². The Balaban J connectivity index is 1.49. The van der Waals surface area contributed by atoms with E-state index in [1.807, 2.05) is 24.0 Å². The molecule has 6 nitrogen and oxygen atoms in total. The number of rotatable bonds is 5. The van der Waals surface area contributed by atoms with Gasteiger partial charge >= 0.3 is 6.18 Å². The van der Waals surface area contributed by atoms with Crippen LogP contribution in [0.2, 0.25) is 0 Å². The second kappa shape index (κ2) is 7.46. The quantitative estimate of drug-likeness (QED) is 0.705. The molecule has 3 aromatic rings. The van der Waals surface area contributed by atoms with Gasteiger partial charge in [-0.2, -0.15) is 18.3 Å². The van der Waals surface area contributed by atoms with E-state index in [0.717, 1.165) is 29.3 Å². The second-order valence-electron chi connectivity index (χ2n) is 7.73. The van der Waals surface area contributed by atoms with E-state index in [9.17, 15) is 18.3 Å². The zero-order chi connectivity index (χ0) is 20.6. The first kappa shape index (κ1) is 19.9. The van der Waals surface area contributed by atoms with Gasteiger partial charge in [-0.3, -0.25) is 9.58 Å². The van der Waals surface area contributed by atoms with Gasteiger partial charge in [0, 0.05) is 49.5 Å². The van der Waals surface area contributed by atoms with Crippen LogP contribution in [-0.4, -0.2) is 48.0 Å². The zero-order valence-electron chi connectivity index (χ0n) is 16.2. The number of halogens is 3. The van der Waals surface area contributed by atoms with E-state index in [1.165, 1.54) is 6.20 Å². The Bertz CT molecular complexity index is 986. The lowest BCUT2D eigenvalue weighted by Crippen LogP contribution is -2.46. The number of aromatic nitrogens is 4. The average molecular weight is 407 g/mol. The van der Waals surface area contributed by atoms with Gasteiger partial charge < -0.3 is 9.67 Å². The first-order chi connectivity index (χ1) is 13.8. The fourth-order valence-corrected chi connectivity index (χ4v) is 3.98. The Hall–Kier alpha value is -2.39. The molecule has 0 aliphatic carbocycles. The molecule has 3 aromatic heterocycles. The molecular weight excluding hydrogens is 383 g/mol. The van der Waals surface area contributed by atoms with E-state index in [4.69, 9.17) is 0 Å². The van der Waals surface area contributed by atoms with Crippen LogP contribution in [0.15, 0.2) is 36.8 Å². The minimum absolute atomic E-state index is 0.121. The highest BCUT2D eigenvalue weighted by molar-refractivity contribution is 5.77. The topological polar surface area (TPSA) is 59.1 Å². The van der Waals surface area contributed by atoms with E-state index < -0.39 is 17.5 Å². The molecule has 0 spiro atoms. The number of aryl methyl sites for hydroxylation is 1. The van der Waals surface area contributed by atoms with E-state index in [1.54, 1.807) is 12.1 Å². The summed E-state index contributed by atoms with van der Waals surface area (Å²) in [7, 11) is 0. The zero-order valence-corrected chi connectivity index (χ0v) is 16.2. The number of piperidine rings is 1. The van der Waals surface area contributed by atoms with Crippen molar-refractivity contribution in [2.45, 2.75) is 51.2 Å². The maximum Gasteiger partial charge on any atom is 0.431 e. The largest absolute Gasteiger partial charge is 0.431 e. The first-order valence-corrected chi connectivity index (χ1v) is 9.75. The van der Waals surface area contributed by atoms with Crippen LogP contribution in [0.25, 0.3) is 11.0 Å². The summed E-state index contributed by atoms with van der Waals surface area (Å²) in [5.41, 5.74) is -0.623. The van der Waals surface area contributed by atoms with Gasteiger partial charge in [-0.1, -0.05) is 0 Å². The lowest BCUT2D eigenvalue weighted by molar-refractivity contribution is -0.145. The number of pyridine rings is 1. The molecule has 1 aliphatic heterocycles. The van der Waals surface area contributed by atoms with Gasteiger partial charge in [0.1, 0.15) is 11.3 Å². The lowest BCUT2D eigenvalue weighted by Gasteiger charge is -2.38. The Labute approximate surface area is 166 Å². The van der Waals surface area contributed by atoms with Crippen LogP contribution < -0.4 is 0 Å². The standard InChI is InChI=1S/C20H24F3N5O/c1-2-27-13-15(11-25-27)12-26-8-5-19(29,6-9-26)14-28-17(20(21,22)23)10-16-4-3-7-24-18(16)28/h3-4,7,10-11,13,29H,2,5-6,8-9,12,14H2,1H3. The van der Waals surface area contributed by atoms with Crippen molar-refractivity contribution in [2.75, 3.05) is 13.1 Å². The van der Waals surface area contributed by atoms with Crippen molar-refractivity contribution in [2.24, 2.45) is 0 Å². The van der Waals surface area contributed by atoms with E-state index in [-0.39, 0.29) is 12.2 Å². The predicted octanol–water partition coefficient (Wildman–Crippen LogP) is 3.30. The van der Waals surface area contributed by atoms with Crippen LogP contribution in [0, 0.1) is 0 Å². The minimum atomic E-state index is -4.50. The SMILES string of the molecule is CCn1cc(CN2CCC(O)(Cn3c(C(F)(F)F)cc4cccnc43)CC2)cn1. The second-order valence-corrected chi connectivity index (χ2v) is 7.73. The molecule has 9 heteroatoms. The highest BCUT2D eigenvalue weighted by Gasteiger charge is 2.39. The van der Waals surface area contributed by atoms with Crippen molar-refractivity contribution in [3.8, 4) is 0 Å². The average Bonchev–Trinajstić information content (AvgIpc) is 3.28. The predicted molar refractivity (Wildman–Crippen MR) is 102 cm³/mol. The third-order valence-electron chi connectivity index (χ3n) is 5.60. The molecule has 0 saturated carbocycles. The molecule has 1 saturated heterocycles. The number of hydrogen-bond acceptors (Lipinski definition) is 4. The maximum absolute atomic E-state index is 13.6. The smallest absolute Gasteiger partial charge is 0.388 e. The number of aliphatic hydroxyl groups is 1. The molecule has 0 unspecified atom stereocenters. The number of likely N-dealkylation sites (tertiary alicyclic amines) is 1. The summed E-state index contributed by atoms with van der Waals surface area (Å²) >= 11 is 0. The third-order valence-corrected chi connectivity index (χ3v) is 5.60. The van der Waals surface area contributed by atoms with Gasteiger partial charge in [0.15, 0.2) is 0 Å². The third kappa shape index (κ3) is 4.16. The van der Waals surface area contributed by atoms with Gasteiger partial charge in [-0.05, 0) is 38.0 Å². The molecule has 1 N–H and O–H groups in total. The van der Waals surface area contributed by atoms with Gasteiger partial charge in [0.2, 0.25) is 0 Å². The van der Waals surface area contributed by atoms with Crippen molar-refractivity contribution >= 4 is 11.0 Å². The molecular formula is C20H24F3N5O. The molecule has 0 radical (unpaired) electrons. The monoisotopic (exact) mass is 407 g/mol. The molecule has 156 valence electrons. The Morgan fingerprint density at radius 3 is 2.66 bits per heavy atom. The number of hydrogen-bond donors (Lipinski definition) is 1. The van der Waals surface area contributed by atoms with Crippen LogP contribution in [-0.2, 0) is 25.8 Å². The molecule has 4 rings (SSSR count). The Morgan fingerprint density at radius 2 is 2.00 bits per heavy atom. The fourth-order valence-electron chi connectivity index (χ4n) is 3.98. The van der Waals surface area contributed by atoms with E-state index in [0.29, 0.717) is 31.3 Å². The van der Waals surface area contributed by atoms with Crippen molar-refractivity contribution < 1.29 is 18.3 Å². The summed E-state index contributed by atoms with van der Waals surface area (Å²) < 4.78 is 43.6. The van der Waals surface area contributed by atoms with E-state index in [2.05, 4.69) is 15.0 Å². The number of alkyl halides is 3. The molecule has 0 atom stereocenters. The summed E-state index contributed by atoms with van der Waals surface area (Å²) in [6.07, 6.45) is 1.60. The molecule has 0 bridgehead atoms. The first-order valence-electron chi connectivity index (χ1n) is 9.75. The summed E-state index contributed by atoms with van der Waals surface area (Å²) in [6, 6.07) is 4.32. The van der Waals surface area contributed by atoms with Crippen LogP contribution in [0.5, 0.6) is 0 Å². The van der Waals surface area contributed by atoms with Crippen molar-refractivity contribution in [3.63, 3.8) is 0 Å². The highest BCUT2D eigenvalue weighted by atomic mass is 19.4. The molecule has 4 heterocycles. The van der Waals surface area contributed by atoms with E-state index >= 15 is 0 Å². The van der Waals surface area contributed by atoms with Crippen molar-refractivity contribution in [3.05, 3.63) is 48.0 Å². The van der Waals surface area contributed by atoms with Gasteiger partial charge in [0.05, 0.1) is 18.3 Å². The summed E-state index contributed by atoms with van der Waals surface area (Å²) in [4.78, 5) is 6.32. The molecule has 29 heavy (non-hydrogen) atoms. The summed E-state index contributed by atoms with van der Waals surface area (Å²) in [5.74, 6) is 0. The maximum atomic E-state index is 13.6. The number of fused-ring (bicyclic) bond motifs is 1. The van der Waals surface area contributed by atoms with Crippen molar-refractivity contribution in [1.29, 1.82) is 0 Å². The summed E-state index contributed by atoms with van der Waals surface area (Å²) in [6.45, 7) is 4.65. The van der Waals surface area contributed by atoms with Gasteiger partial charge in [-0.15, -0.1) is 0 Å². The van der Waals surface area contributed by atoms with Crippen LogP contribution in [0.1, 0.15) is 31.0 Å². The van der Waals surface area contributed by atoms with Gasteiger partial charge in [0.25, 0.3) is 0 Å². The van der Waals surface area contributed by atoms with Crippen molar-refractivity contribution in [1.82, 2.24) is 24.2 Å². The molecule has 1 fully saturated rings. The molecule has 1 aliphatic rings. The Kier molecular flexibility index (Phi) is 5.12. The molecule has 0 aromatic carbocycles. The molecule has 0 amide bonds. The van der Waals surface area contributed by atoms with Crippen LogP contribution in [0.4, 0.5) is 13.2 Å².